The minimum absolute atomic E-state index is 0.497. The molecule has 0 aliphatic heterocycles. The molecule has 0 unspecified atom stereocenters. The molecule has 0 amide bonds. The average Bonchev–Trinajstić information content (AvgIpc) is 3.24. The van der Waals surface area contributed by atoms with Gasteiger partial charge in [0.15, 0.2) is 5.82 Å². The first-order valence-corrected chi connectivity index (χ1v) is 7.30. The van der Waals surface area contributed by atoms with Gasteiger partial charge in [0.2, 0.25) is 5.88 Å². The molecular formula is C14H24N4O. The van der Waals surface area contributed by atoms with Gasteiger partial charge in [-0.25, -0.2) is 4.98 Å². The summed E-state index contributed by atoms with van der Waals surface area (Å²) >= 11 is 0. The normalized spacial score (nSPS) is 14.4. The van der Waals surface area contributed by atoms with E-state index in [1.165, 1.54) is 12.8 Å². The van der Waals surface area contributed by atoms with Crippen molar-refractivity contribution in [1.82, 2.24) is 9.97 Å². The minimum Gasteiger partial charge on any atom is -0.476 e. The van der Waals surface area contributed by atoms with E-state index in [1.807, 2.05) is 0 Å². The van der Waals surface area contributed by atoms with Crippen molar-refractivity contribution in [2.45, 2.75) is 51.9 Å². The third-order valence-electron chi connectivity index (χ3n) is 3.14. The molecule has 1 heterocycles. The molecule has 1 saturated carbocycles. The Morgan fingerprint density at radius 3 is 2.68 bits per heavy atom. The number of aromatic nitrogens is 2. The van der Waals surface area contributed by atoms with Crippen molar-refractivity contribution in [2.75, 3.05) is 24.2 Å². The van der Waals surface area contributed by atoms with Crippen molar-refractivity contribution in [3.05, 3.63) is 5.82 Å². The van der Waals surface area contributed by atoms with Crippen LogP contribution in [0.25, 0.3) is 0 Å². The van der Waals surface area contributed by atoms with Crippen LogP contribution >= 0.6 is 0 Å². The Morgan fingerprint density at radius 2 is 2.05 bits per heavy atom. The zero-order valence-electron chi connectivity index (χ0n) is 11.9. The lowest BCUT2D eigenvalue weighted by molar-refractivity contribution is 0.305. The summed E-state index contributed by atoms with van der Waals surface area (Å²) in [6.07, 6.45) is 5.54. The first kappa shape index (κ1) is 13.9. The van der Waals surface area contributed by atoms with E-state index in [1.54, 1.807) is 0 Å². The lowest BCUT2D eigenvalue weighted by Gasteiger charge is -2.13. The summed E-state index contributed by atoms with van der Waals surface area (Å²) in [6.45, 7) is 5.75. The zero-order valence-corrected chi connectivity index (χ0v) is 11.9. The van der Waals surface area contributed by atoms with Crippen LogP contribution in [0.4, 0.5) is 11.5 Å². The van der Waals surface area contributed by atoms with Crippen LogP contribution in [0.15, 0.2) is 0 Å². The monoisotopic (exact) mass is 264 g/mol. The molecule has 1 aromatic rings. The molecule has 2 rings (SSSR count). The number of ether oxygens (including phenoxy) is 1. The van der Waals surface area contributed by atoms with Gasteiger partial charge in [-0.3, -0.25) is 0 Å². The number of hydrogen-bond acceptors (Lipinski definition) is 5. The minimum atomic E-state index is 0.497. The van der Waals surface area contributed by atoms with Gasteiger partial charge in [-0.1, -0.05) is 20.3 Å². The van der Waals surface area contributed by atoms with Crippen LogP contribution in [0.5, 0.6) is 5.88 Å². The molecule has 0 radical (unpaired) electrons. The first-order chi connectivity index (χ1) is 9.26. The Balaban J connectivity index is 2.16. The topological polar surface area (TPSA) is 73.1 Å². The number of rotatable bonds is 8. The van der Waals surface area contributed by atoms with Crippen LogP contribution < -0.4 is 15.8 Å². The summed E-state index contributed by atoms with van der Waals surface area (Å²) in [6, 6.07) is 0. The standard InChI is InChI=1S/C14H24N4O/c1-3-5-8-16-13-11(15)14(19-9-4-2)18-12(17-13)10-6-7-10/h10H,3-9,15H2,1-2H3,(H,16,17,18). The molecule has 0 aromatic carbocycles. The van der Waals surface area contributed by atoms with E-state index >= 15 is 0 Å². The number of unbranched alkanes of at least 4 members (excludes halogenated alkanes) is 1. The van der Waals surface area contributed by atoms with Gasteiger partial charge in [-0.15, -0.1) is 0 Å². The molecule has 0 spiro atoms. The molecule has 1 aliphatic rings. The molecule has 5 heteroatoms. The van der Waals surface area contributed by atoms with Crippen LogP contribution in [0.2, 0.25) is 0 Å². The quantitative estimate of drug-likeness (QED) is 0.706. The number of nitrogen functional groups attached to an aromatic ring is 1. The van der Waals surface area contributed by atoms with Gasteiger partial charge in [0.25, 0.3) is 0 Å². The molecule has 1 fully saturated rings. The second-order valence-corrected chi connectivity index (χ2v) is 5.05. The first-order valence-electron chi connectivity index (χ1n) is 7.30. The van der Waals surface area contributed by atoms with E-state index < -0.39 is 0 Å². The number of nitrogens with two attached hydrogens (primary N) is 1. The van der Waals surface area contributed by atoms with E-state index in [4.69, 9.17) is 10.5 Å². The Bertz CT molecular complexity index is 418. The summed E-state index contributed by atoms with van der Waals surface area (Å²) in [5.41, 5.74) is 6.62. The predicted octanol–water partition coefficient (Wildman–Crippen LogP) is 2.94. The van der Waals surface area contributed by atoms with Crippen molar-refractivity contribution in [3.63, 3.8) is 0 Å². The lowest BCUT2D eigenvalue weighted by atomic mass is 10.3. The molecule has 5 nitrogen and oxygen atoms in total. The fourth-order valence-corrected chi connectivity index (χ4v) is 1.82. The number of nitrogens with zero attached hydrogens (tertiary/aromatic N) is 2. The molecule has 106 valence electrons. The van der Waals surface area contributed by atoms with Crippen molar-refractivity contribution in [1.29, 1.82) is 0 Å². The molecule has 0 atom stereocenters. The van der Waals surface area contributed by atoms with Crippen molar-refractivity contribution >= 4 is 11.5 Å². The van der Waals surface area contributed by atoms with E-state index in [2.05, 4.69) is 29.1 Å². The highest BCUT2D eigenvalue weighted by atomic mass is 16.5. The highest BCUT2D eigenvalue weighted by molar-refractivity contribution is 5.67. The van der Waals surface area contributed by atoms with Gasteiger partial charge in [-0.05, 0) is 25.7 Å². The Morgan fingerprint density at radius 1 is 1.26 bits per heavy atom. The third-order valence-corrected chi connectivity index (χ3v) is 3.14. The molecule has 0 saturated heterocycles. The predicted molar refractivity (Wildman–Crippen MR) is 77.6 cm³/mol. The van der Waals surface area contributed by atoms with Crippen LogP contribution in [0.1, 0.15) is 57.7 Å². The second kappa shape index (κ2) is 6.59. The van der Waals surface area contributed by atoms with Crippen molar-refractivity contribution < 1.29 is 4.74 Å². The Labute approximate surface area is 115 Å². The van der Waals surface area contributed by atoms with E-state index in [9.17, 15) is 0 Å². The maximum Gasteiger partial charge on any atom is 0.242 e. The summed E-state index contributed by atoms with van der Waals surface area (Å²) in [7, 11) is 0. The van der Waals surface area contributed by atoms with Gasteiger partial charge < -0.3 is 15.8 Å². The number of nitrogens with one attached hydrogen (secondary N) is 1. The highest BCUT2D eigenvalue weighted by Gasteiger charge is 2.28. The fraction of sp³-hybridized carbons (Fsp3) is 0.714. The fourth-order valence-electron chi connectivity index (χ4n) is 1.82. The maximum absolute atomic E-state index is 6.08. The van der Waals surface area contributed by atoms with E-state index in [-0.39, 0.29) is 0 Å². The van der Waals surface area contributed by atoms with Gasteiger partial charge >= 0.3 is 0 Å². The number of hydrogen-bond donors (Lipinski definition) is 2. The Kier molecular flexibility index (Phi) is 4.82. The SMILES string of the molecule is CCCCNc1nc(C2CC2)nc(OCCC)c1N. The van der Waals surface area contributed by atoms with Crippen LogP contribution in [-0.2, 0) is 0 Å². The van der Waals surface area contributed by atoms with Crippen LogP contribution in [0, 0.1) is 0 Å². The Hall–Kier alpha value is -1.52. The highest BCUT2D eigenvalue weighted by Crippen LogP contribution is 2.40. The second-order valence-electron chi connectivity index (χ2n) is 5.05. The molecule has 3 N–H and O–H groups in total. The molecule has 1 aromatic heterocycles. The largest absolute Gasteiger partial charge is 0.476 e. The maximum atomic E-state index is 6.08. The smallest absolute Gasteiger partial charge is 0.242 e. The van der Waals surface area contributed by atoms with Crippen molar-refractivity contribution in [3.8, 4) is 5.88 Å². The summed E-state index contributed by atoms with van der Waals surface area (Å²) in [5, 5.41) is 3.30. The summed E-state index contributed by atoms with van der Waals surface area (Å²) in [5.74, 6) is 2.64. The van der Waals surface area contributed by atoms with Gasteiger partial charge in [0.1, 0.15) is 11.5 Å². The van der Waals surface area contributed by atoms with E-state index in [0.29, 0.717) is 24.1 Å². The molecule has 0 bridgehead atoms. The van der Waals surface area contributed by atoms with Gasteiger partial charge in [0, 0.05) is 12.5 Å². The van der Waals surface area contributed by atoms with Crippen molar-refractivity contribution in [2.24, 2.45) is 0 Å². The van der Waals surface area contributed by atoms with E-state index in [0.717, 1.165) is 37.4 Å². The summed E-state index contributed by atoms with van der Waals surface area (Å²) < 4.78 is 5.64. The molecule has 1 aliphatic carbocycles. The van der Waals surface area contributed by atoms with Crippen LogP contribution in [0.3, 0.4) is 0 Å². The average molecular weight is 264 g/mol. The zero-order chi connectivity index (χ0) is 13.7. The molecule has 19 heavy (non-hydrogen) atoms. The van der Waals surface area contributed by atoms with Gasteiger partial charge in [-0.2, -0.15) is 4.98 Å². The third kappa shape index (κ3) is 3.72. The van der Waals surface area contributed by atoms with Gasteiger partial charge in [0.05, 0.1) is 6.61 Å². The van der Waals surface area contributed by atoms with Crippen LogP contribution in [-0.4, -0.2) is 23.1 Å². The lowest BCUT2D eigenvalue weighted by Crippen LogP contribution is -2.11. The summed E-state index contributed by atoms with van der Waals surface area (Å²) in [4.78, 5) is 9.01. The molecular weight excluding hydrogens is 240 g/mol. The number of anilines is 2.